The molecule has 0 fully saturated rings. The number of carbonyl (C=O) groups is 2. The van der Waals surface area contributed by atoms with Crippen LogP contribution in [0.1, 0.15) is 50.8 Å². The first-order valence-electron chi connectivity index (χ1n) is 13.7. The van der Waals surface area contributed by atoms with Gasteiger partial charge in [0.25, 0.3) is 10.0 Å². The summed E-state index contributed by atoms with van der Waals surface area (Å²) in [6.07, 6.45) is 0.346. The molecule has 0 heterocycles. The Morgan fingerprint density at radius 1 is 0.927 bits per heavy atom. The van der Waals surface area contributed by atoms with Crippen LogP contribution in [0.3, 0.4) is 0 Å². The lowest BCUT2D eigenvalue weighted by Crippen LogP contribution is -2.55. The second kappa shape index (κ2) is 13.2. The first-order valence-corrected chi connectivity index (χ1v) is 15.1. The maximum Gasteiger partial charge on any atom is 0.264 e. The van der Waals surface area contributed by atoms with Crippen LogP contribution in [0.25, 0.3) is 0 Å². The third kappa shape index (κ3) is 7.88. The highest BCUT2D eigenvalue weighted by Gasteiger charge is 2.35. The topological polar surface area (TPSA) is 96.0 Å². The van der Waals surface area contributed by atoms with Gasteiger partial charge in [0.2, 0.25) is 11.8 Å². The average molecular weight is 580 g/mol. The molecular formula is C32H41N3O5S. The fourth-order valence-corrected chi connectivity index (χ4v) is 5.95. The molecule has 0 saturated heterocycles. The Hall–Kier alpha value is -3.85. The molecule has 0 unspecified atom stereocenters. The van der Waals surface area contributed by atoms with Crippen molar-refractivity contribution >= 4 is 27.5 Å². The average Bonchev–Trinajstić information content (AvgIpc) is 2.91. The van der Waals surface area contributed by atoms with Gasteiger partial charge in [0, 0.05) is 12.1 Å². The van der Waals surface area contributed by atoms with Crippen LogP contribution in [0.5, 0.6) is 5.75 Å². The van der Waals surface area contributed by atoms with E-state index >= 15 is 0 Å². The van der Waals surface area contributed by atoms with Gasteiger partial charge in [-0.05, 0) is 76.4 Å². The van der Waals surface area contributed by atoms with E-state index in [0.29, 0.717) is 12.2 Å². The molecule has 0 saturated carbocycles. The van der Waals surface area contributed by atoms with Crippen LogP contribution in [-0.4, -0.2) is 50.4 Å². The van der Waals surface area contributed by atoms with Gasteiger partial charge in [-0.1, -0.05) is 61.0 Å². The molecule has 41 heavy (non-hydrogen) atoms. The summed E-state index contributed by atoms with van der Waals surface area (Å²) in [7, 11) is -2.74. The summed E-state index contributed by atoms with van der Waals surface area (Å²) in [6.45, 7) is 10.9. The summed E-state index contributed by atoms with van der Waals surface area (Å²) in [6, 6.07) is 20.0. The van der Waals surface area contributed by atoms with Crippen LogP contribution in [0, 0.1) is 13.8 Å². The van der Waals surface area contributed by atoms with E-state index in [1.165, 1.54) is 24.1 Å². The molecule has 9 heteroatoms. The van der Waals surface area contributed by atoms with E-state index in [9.17, 15) is 18.0 Å². The van der Waals surface area contributed by atoms with Crippen molar-refractivity contribution in [3.63, 3.8) is 0 Å². The maximum atomic E-state index is 14.2. The fraction of sp³-hybridized carbons (Fsp3) is 0.375. The summed E-state index contributed by atoms with van der Waals surface area (Å²) in [4.78, 5) is 29.2. The van der Waals surface area contributed by atoms with E-state index < -0.39 is 34.1 Å². The number of benzene rings is 3. The Bertz CT molecular complexity index is 1460. The van der Waals surface area contributed by atoms with Crippen molar-refractivity contribution in [3.05, 3.63) is 89.5 Å². The van der Waals surface area contributed by atoms with Crippen molar-refractivity contribution in [3.8, 4) is 5.75 Å². The number of sulfonamides is 1. The highest BCUT2D eigenvalue weighted by molar-refractivity contribution is 7.92. The number of para-hydroxylation sites is 2. The zero-order chi connectivity index (χ0) is 30.4. The number of anilines is 1. The van der Waals surface area contributed by atoms with Crippen LogP contribution < -0.4 is 14.4 Å². The van der Waals surface area contributed by atoms with Gasteiger partial charge in [-0.3, -0.25) is 13.9 Å². The van der Waals surface area contributed by atoms with Crippen molar-refractivity contribution in [2.75, 3.05) is 18.0 Å². The smallest absolute Gasteiger partial charge is 0.264 e. The number of nitrogens with zero attached hydrogens (tertiary/aromatic N) is 2. The van der Waals surface area contributed by atoms with E-state index in [4.69, 9.17) is 4.74 Å². The molecule has 1 N–H and O–H groups in total. The van der Waals surface area contributed by atoms with E-state index in [0.717, 1.165) is 21.0 Å². The van der Waals surface area contributed by atoms with Gasteiger partial charge in [0.1, 0.15) is 18.3 Å². The van der Waals surface area contributed by atoms with Crippen molar-refractivity contribution in [2.45, 2.75) is 71.0 Å². The molecule has 0 bridgehead atoms. The number of ether oxygens (including phenoxy) is 1. The molecule has 0 aliphatic heterocycles. The molecule has 0 aliphatic rings. The Balaban J connectivity index is 2.12. The molecular weight excluding hydrogens is 538 g/mol. The molecule has 0 aliphatic carbocycles. The minimum Gasteiger partial charge on any atom is -0.495 e. The SMILES string of the molecule is CC[C@@H](C(=O)NC(C)(C)C)N(Cc1ccccc1C)C(=O)CN(c1ccccc1OC)S(=O)(=O)c1ccc(C)cc1. The normalized spacial score (nSPS) is 12.4. The summed E-state index contributed by atoms with van der Waals surface area (Å²) >= 11 is 0. The lowest BCUT2D eigenvalue weighted by molar-refractivity contribution is -0.141. The molecule has 8 nitrogen and oxygen atoms in total. The molecule has 3 aromatic rings. The number of hydrogen-bond acceptors (Lipinski definition) is 5. The van der Waals surface area contributed by atoms with Gasteiger partial charge in [-0.15, -0.1) is 0 Å². The predicted octanol–water partition coefficient (Wildman–Crippen LogP) is 5.23. The Morgan fingerprint density at radius 3 is 2.12 bits per heavy atom. The van der Waals surface area contributed by atoms with Crippen LogP contribution in [0.15, 0.2) is 77.7 Å². The quantitative estimate of drug-likeness (QED) is 0.336. The molecule has 2 amide bonds. The van der Waals surface area contributed by atoms with E-state index in [1.807, 2.05) is 65.8 Å². The molecule has 1 atom stereocenters. The monoisotopic (exact) mass is 579 g/mol. The van der Waals surface area contributed by atoms with Crippen LogP contribution in [-0.2, 0) is 26.2 Å². The summed E-state index contributed by atoms with van der Waals surface area (Å²) in [5.41, 5.74) is 2.45. The van der Waals surface area contributed by atoms with E-state index in [1.54, 1.807) is 36.4 Å². The zero-order valence-electron chi connectivity index (χ0n) is 25.0. The van der Waals surface area contributed by atoms with Crippen LogP contribution >= 0.6 is 0 Å². The van der Waals surface area contributed by atoms with Crippen molar-refractivity contribution in [2.24, 2.45) is 0 Å². The van der Waals surface area contributed by atoms with Crippen LogP contribution in [0.4, 0.5) is 5.69 Å². The number of hydrogen-bond donors (Lipinski definition) is 1. The molecule has 3 rings (SSSR count). The first-order chi connectivity index (χ1) is 19.3. The minimum atomic E-state index is -4.19. The number of aryl methyl sites for hydroxylation is 2. The summed E-state index contributed by atoms with van der Waals surface area (Å²) < 4.78 is 34.7. The molecule has 3 aromatic carbocycles. The highest BCUT2D eigenvalue weighted by atomic mass is 32.2. The largest absolute Gasteiger partial charge is 0.495 e. The number of carbonyl (C=O) groups excluding carboxylic acids is 2. The van der Waals surface area contributed by atoms with Gasteiger partial charge < -0.3 is 15.0 Å². The number of rotatable bonds is 11. The third-order valence-electron chi connectivity index (χ3n) is 6.73. The molecule has 0 aromatic heterocycles. The Morgan fingerprint density at radius 2 is 1.54 bits per heavy atom. The van der Waals surface area contributed by atoms with Crippen molar-refractivity contribution in [1.82, 2.24) is 10.2 Å². The van der Waals surface area contributed by atoms with Crippen LogP contribution in [0.2, 0.25) is 0 Å². The Labute approximate surface area is 244 Å². The predicted molar refractivity (Wildman–Crippen MR) is 162 cm³/mol. The summed E-state index contributed by atoms with van der Waals surface area (Å²) in [5.74, 6) is -0.503. The second-order valence-electron chi connectivity index (χ2n) is 11.1. The van der Waals surface area contributed by atoms with Gasteiger partial charge >= 0.3 is 0 Å². The minimum absolute atomic E-state index is 0.0461. The lowest BCUT2D eigenvalue weighted by atomic mass is 10.0. The van der Waals surface area contributed by atoms with E-state index in [2.05, 4.69) is 5.32 Å². The van der Waals surface area contributed by atoms with Gasteiger partial charge in [-0.2, -0.15) is 0 Å². The van der Waals surface area contributed by atoms with Crippen molar-refractivity contribution in [1.29, 1.82) is 0 Å². The molecule has 0 spiro atoms. The molecule has 220 valence electrons. The Kier molecular flexibility index (Phi) is 10.2. The second-order valence-corrected chi connectivity index (χ2v) is 13.0. The van der Waals surface area contributed by atoms with E-state index in [-0.39, 0.29) is 23.0 Å². The van der Waals surface area contributed by atoms with Gasteiger partial charge in [0.05, 0.1) is 17.7 Å². The van der Waals surface area contributed by atoms with Crippen molar-refractivity contribution < 1.29 is 22.7 Å². The fourth-order valence-electron chi connectivity index (χ4n) is 4.53. The standard InChI is InChI=1S/C32H41N3O5S/c1-8-27(31(37)33-32(4,5)6)34(21-25-14-10-9-13-24(25)3)30(36)22-35(28-15-11-12-16-29(28)40-7)41(38,39)26-19-17-23(2)18-20-26/h9-20,27H,8,21-22H2,1-7H3,(H,33,37)/t27-/m0/s1. The molecule has 0 radical (unpaired) electrons. The van der Waals surface area contributed by atoms with Gasteiger partial charge in [-0.25, -0.2) is 8.42 Å². The number of amides is 2. The lowest BCUT2D eigenvalue weighted by Gasteiger charge is -2.35. The maximum absolute atomic E-state index is 14.2. The number of methoxy groups -OCH3 is 1. The highest BCUT2D eigenvalue weighted by Crippen LogP contribution is 2.32. The zero-order valence-corrected chi connectivity index (χ0v) is 25.8. The first kappa shape index (κ1) is 31.7. The third-order valence-corrected chi connectivity index (χ3v) is 8.50. The van der Waals surface area contributed by atoms with Gasteiger partial charge in [0.15, 0.2) is 0 Å². The summed E-state index contributed by atoms with van der Waals surface area (Å²) in [5, 5.41) is 2.99. The number of nitrogens with one attached hydrogen (secondary N) is 1.